The van der Waals surface area contributed by atoms with E-state index in [-0.39, 0.29) is 5.78 Å². The van der Waals surface area contributed by atoms with Gasteiger partial charge in [0.05, 0.1) is 10.3 Å². The summed E-state index contributed by atoms with van der Waals surface area (Å²) < 4.78 is 28.5. The van der Waals surface area contributed by atoms with Gasteiger partial charge in [-0.05, 0) is 44.4 Å². The lowest BCUT2D eigenvalue weighted by atomic mass is 9.72. The molecule has 2 bridgehead atoms. The summed E-state index contributed by atoms with van der Waals surface area (Å²) in [4.78, 5) is 13.5. The Hall–Kier alpha value is -2.24. The Morgan fingerprint density at radius 2 is 1.72 bits per heavy atom. The van der Waals surface area contributed by atoms with Crippen molar-refractivity contribution >= 4 is 15.8 Å². The Morgan fingerprint density at radius 1 is 1.07 bits per heavy atom. The Balaban J connectivity index is 1.81. The summed E-state index contributed by atoms with van der Waals surface area (Å²) >= 11 is 0. The van der Waals surface area contributed by atoms with Crippen molar-refractivity contribution in [2.45, 2.75) is 43.4 Å². The Bertz CT molecular complexity index is 1060. The maximum atomic E-state index is 13.5. The molecule has 1 saturated carbocycles. The van der Waals surface area contributed by atoms with Crippen LogP contribution in [-0.2, 0) is 20.2 Å². The molecule has 4 nitrogen and oxygen atoms in total. The van der Waals surface area contributed by atoms with Gasteiger partial charge in [-0.25, -0.2) is 8.42 Å². The van der Waals surface area contributed by atoms with Gasteiger partial charge >= 0.3 is 0 Å². The largest absolute Gasteiger partial charge is 0.299 e. The molecule has 2 atom stereocenters. The van der Waals surface area contributed by atoms with Gasteiger partial charge in [0.25, 0.3) is 0 Å². The minimum absolute atomic E-state index is 0.196. The van der Waals surface area contributed by atoms with E-state index < -0.39 is 20.9 Å². The second-order valence-electron chi connectivity index (χ2n) is 8.69. The fourth-order valence-corrected chi connectivity index (χ4v) is 6.57. The first kappa shape index (κ1) is 20.0. The number of sulfonamides is 1. The van der Waals surface area contributed by atoms with Gasteiger partial charge in [-0.1, -0.05) is 60.2 Å². The molecule has 0 aromatic heterocycles. The number of ketones is 1. The van der Waals surface area contributed by atoms with E-state index in [2.05, 4.69) is 6.58 Å². The molecule has 1 aliphatic carbocycles. The summed E-state index contributed by atoms with van der Waals surface area (Å²) in [7, 11) is -3.65. The number of hydrogen-bond donors (Lipinski definition) is 0. The van der Waals surface area contributed by atoms with Crippen molar-refractivity contribution in [1.29, 1.82) is 0 Å². The number of hydrogen-bond acceptors (Lipinski definition) is 3. The number of allylic oxidation sites excluding steroid dienone is 1. The van der Waals surface area contributed by atoms with Crippen molar-refractivity contribution < 1.29 is 13.2 Å². The number of carbonyl (C=O) groups is 1. The highest BCUT2D eigenvalue weighted by Gasteiger charge is 2.58. The van der Waals surface area contributed by atoms with Crippen molar-refractivity contribution in [2.75, 3.05) is 13.1 Å². The van der Waals surface area contributed by atoms with Crippen LogP contribution in [0, 0.1) is 12.3 Å². The summed E-state index contributed by atoms with van der Waals surface area (Å²) in [5, 5.41) is 0. The van der Waals surface area contributed by atoms with Crippen molar-refractivity contribution in [2.24, 2.45) is 5.41 Å². The van der Waals surface area contributed by atoms with Gasteiger partial charge in [0.1, 0.15) is 5.78 Å². The number of Topliss-reactive ketones (excluding diaryl/α,β-unsaturated/α-hetero) is 1. The molecule has 0 spiro atoms. The van der Waals surface area contributed by atoms with E-state index in [1.807, 2.05) is 56.3 Å². The van der Waals surface area contributed by atoms with Crippen molar-refractivity contribution in [3.05, 3.63) is 77.9 Å². The SMILES string of the molecule is C=C(C)[C@]12CCN(S(=O)(=O)c3ccc(C)cc3)C[C@](c3ccccc3)(CC1=O)C2. The topological polar surface area (TPSA) is 54.5 Å². The molecule has 0 unspecified atom stereocenters. The predicted molar refractivity (Wildman–Crippen MR) is 114 cm³/mol. The summed E-state index contributed by atoms with van der Waals surface area (Å²) in [6.45, 7) is 8.61. The van der Waals surface area contributed by atoms with Crippen molar-refractivity contribution in [3.8, 4) is 0 Å². The number of fused-ring (bicyclic) bond motifs is 2. The number of carbonyl (C=O) groups excluding carboxylic acids is 1. The molecular weight excluding hydrogens is 382 g/mol. The van der Waals surface area contributed by atoms with E-state index in [4.69, 9.17) is 0 Å². The first-order valence-electron chi connectivity index (χ1n) is 10.0. The van der Waals surface area contributed by atoms with Gasteiger partial charge in [0, 0.05) is 24.9 Å². The van der Waals surface area contributed by atoms with E-state index in [1.165, 1.54) is 0 Å². The zero-order valence-electron chi connectivity index (χ0n) is 17.0. The molecule has 4 rings (SSSR count). The maximum absolute atomic E-state index is 13.5. The van der Waals surface area contributed by atoms with Crippen LogP contribution in [0.4, 0.5) is 0 Å². The molecule has 2 aromatic carbocycles. The molecule has 2 aromatic rings. The Labute approximate surface area is 173 Å². The molecule has 5 heteroatoms. The summed E-state index contributed by atoms with van der Waals surface area (Å²) in [5.41, 5.74) is 1.72. The third kappa shape index (κ3) is 3.17. The average Bonchev–Trinajstić information content (AvgIpc) is 2.86. The van der Waals surface area contributed by atoms with Crippen LogP contribution in [0.5, 0.6) is 0 Å². The fraction of sp³-hybridized carbons (Fsp3) is 0.375. The second-order valence-corrected chi connectivity index (χ2v) is 10.6. The average molecular weight is 410 g/mol. The Kier molecular flexibility index (Phi) is 4.79. The molecule has 0 amide bonds. The molecule has 0 radical (unpaired) electrons. The zero-order chi connectivity index (χ0) is 20.9. The molecule has 2 aliphatic rings. The highest BCUT2D eigenvalue weighted by atomic mass is 32.2. The van der Waals surface area contributed by atoms with Crippen LogP contribution in [0.2, 0.25) is 0 Å². The summed E-state index contributed by atoms with van der Waals surface area (Å²) in [5.74, 6) is 0.196. The second kappa shape index (κ2) is 6.92. The standard InChI is InChI=1S/C24H27NO3S/c1-18(2)24-13-14-25(29(27,28)21-11-9-19(3)10-12-21)17-23(16-24,15-22(24)26)20-7-5-4-6-8-20/h4-12H,1,13-17H2,2-3H3/t23-,24+/m0/s1. The normalized spacial score (nSPS) is 27.6. The highest BCUT2D eigenvalue weighted by molar-refractivity contribution is 7.89. The summed E-state index contributed by atoms with van der Waals surface area (Å²) in [6, 6.07) is 16.9. The highest BCUT2D eigenvalue weighted by Crippen LogP contribution is 2.56. The maximum Gasteiger partial charge on any atom is 0.243 e. The molecule has 152 valence electrons. The lowest BCUT2D eigenvalue weighted by molar-refractivity contribution is -0.124. The number of rotatable bonds is 4. The molecule has 1 saturated heterocycles. The van der Waals surface area contributed by atoms with Gasteiger partial charge in [-0.3, -0.25) is 4.79 Å². The van der Waals surface area contributed by atoms with Gasteiger partial charge in [-0.2, -0.15) is 4.31 Å². The van der Waals surface area contributed by atoms with Crippen molar-refractivity contribution in [3.63, 3.8) is 0 Å². The Morgan fingerprint density at radius 3 is 2.34 bits per heavy atom. The quantitative estimate of drug-likeness (QED) is 0.709. The van der Waals surface area contributed by atoms with E-state index in [0.717, 1.165) is 16.7 Å². The van der Waals surface area contributed by atoms with Crippen LogP contribution in [0.25, 0.3) is 0 Å². The van der Waals surface area contributed by atoms with E-state index in [9.17, 15) is 13.2 Å². The van der Waals surface area contributed by atoms with E-state index in [0.29, 0.717) is 37.2 Å². The molecule has 29 heavy (non-hydrogen) atoms. The number of benzene rings is 2. The van der Waals surface area contributed by atoms with Crippen molar-refractivity contribution in [1.82, 2.24) is 4.31 Å². The number of nitrogens with zero attached hydrogens (tertiary/aromatic N) is 1. The minimum atomic E-state index is -3.65. The number of aryl methyl sites for hydroxylation is 1. The first-order valence-corrected chi connectivity index (χ1v) is 11.5. The van der Waals surface area contributed by atoms with Crippen LogP contribution in [0.3, 0.4) is 0 Å². The van der Waals surface area contributed by atoms with Crippen LogP contribution < -0.4 is 0 Å². The van der Waals surface area contributed by atoms with E-state index in [1.54, 1.807) is 16.4 Å². The smallest absolute Gasteiger partial charge is 0.243 e. The van der Waals surface area contributed by atoms with Crippen LogP contribution in [-0.4, -0.2) is 31.6 Å². The fourth-order valence-electron chi connectivity index (χ4n) is 5.04. The van der Waals surface area contributed by atoms with Gasteiger partial charge < -0.3 is 0 Å². The monoisotopic (exact) mass is 409 g/mol. The zero-order valence-corrected chi connectivity index (χ0v) is 17.8. The third-order valence-electron chi connectivity index (χ3n) is 6.80. The molecule has 1 heterocycles. The van der Waals surface area contributed by atoms with Gasteiger partial charge in [-0.15, -0.1) is 0 Å². The minimum Gasteiger partial charge on any atom is -0.299 e. The lowest BCUT2D eigenvalue weighted by Crippen LogP contribution is -2.43. The lowest BCUT2D eigenvalue weighted by Gasteiger charge is -2.33. The van der Waals surface area contributed by atoms with E-state index >= 15 is 0 Å². The third-order valence-corrected chi connectivity index (χ3v) is 8.66. The molecule has 1 aliphatic heterocycles. The first-order chi connectivity index (χ1) is 13.7. The van der Waals surface area contributed by atoms with Crippen LogP contribution >= 0.6 is 0 Å². The predicted octanol–water partition coefficient (Wildman–Crippen LogP) is 4.25. The van der Waals surface area contributed by atoms with Gasteiger partial charge in [0.15, 0.2) is 0 Å². The molecule has 0 N–H and O–H groups in total. The van der Waals surface area contributed by atoms with Crippen LogP contribution in [0.1, 0.15) is 37.3 Å². The molecule has 2 fully saturated rings. The van der Waals surface area contributed by atoms with Crippen LogP contribution in [0.15, 0.2) is 71.6 Å². The summed E-state index contributed by atoms with van der Waals surface area (Å²) in [6.07, 6.45) is 1.46. The molecular formula is C24H27NO3S. The van der Waals surface area contributed by atoms with Gasteiger partial charge in [0.2, 0.25) is 10.0 Å².